The third-order valence-electron chi connectivity index (χ3n) is 3.56. The minimum absolute atomic E-state index is 0.0337. The fourth-order valence-electron chi connectivity index (χ4n) is 2.22. The Bertz CT molecular complexity index is 992. The van der Waals surface area contributed by atoms with Crippen molar-refractivity contribution in [3.63, 3.8) is 0 Å². The number of ether oxygens (including phenoxy) is 2. The van der Waals surface area contributed by atoms with Gasteiger partial charge in [0.2, 0.25) is 5.91 Å². The van der Waals surface area contributed by atoms with Gasteiger partial charge < -0.3 is 19.2 Å². The molecule has 2 aromatic carbocycles. The molecular weight excluding hydrogens is 400 g/mol. The Morgan fingerprint density at radius 1 is 1.17 bits per heavy atom. The lowest BCUT2D eigenvalue weighted by Crippen LogP contribution is -2.13. The van der Waals surface area contributed by atoms with Crippen LogP contribution in [0.1, 0.15) is 5.89 Å². The molecule has 0 aliphatic carbocycles. The predicted octanol–water partition coefficient (Wildman–Crippen LogP) is 3.30. The zero-order valence-corrected chi connectivity index (χ0v) is 16.0. The summed E-state index contributed by atoms with van der Waals surface area (Å²) in [6, 6.07) is 12.7. The van der Waals surface area contributed by atoms with Gasteiger partial charge in [-0.2, -0.15) is 0 Å². The predicted molar refractivity (Wildman–Crippen MR) is 104 cm³/mol. The van der Waals surface area contributed by atoms with Crippen molar-refractivity contribution in [3.05, 3.63) is 64.5 Å². The molecule has 1 amide bonds. The quantitative estimate of drug-likeness (QED) is 0.317. The number of anilines is 1. The smallest absolute Gasteiger partial charge is 0.277 e. The van der Waals surface area contributed by atoms with Gasteiger partial charge in [0.25, 0.3) is 16.8 Å². The van der Waals surface area contributed by atoms with E-state index in [2.05, 4.69) is 15.5 Å². The van der Waals surface area contributed by atoms with E-state index in [1.54, 1.807) is 19.2 Å². The number of nitrogens with zero attached hydrogens (tertiary/aromatic N) is 3. The summed E-state index contributed by atoms with van der Waals surface area (Å²) in [5.41, 5.74) is 0.406. The number of para-hydroxylation sites is 2. The number of carbonyl (C=O) groups excluding carboxylic acids is 1. The Balaban J connectivity index is 1.47. The number of rotatable bonds is 9. The number of carbonyl (C=O) groups is 1. The largest absolute Gasteiger partial charge is 0.493 e. The summed E-state index contributed by atoms with van der Waals surface area (Å²) in [4.78, 5) is 22.1. The molecular formula is C18H16N4O6S. The average molecular weight is 416 g/mol. The molecule has 3 aromatic rings. The van der Waals surface area contributed by atoms with E-state index in [1.165, 1.54) is 24.3 Å². The van der Waals surface area contributed by atoms with E-state index < -0.39 is 4.92 Å². The standard InChI is InChI=1S/C18H16N4O6S/c1-26-14-4-2-3-5-15(14)27-10-17-20-21-18(28-17)29-11-16(23)19-12-6-8-13(9-7-12)22(24)25/h2-9H,10-11H2,1H3,(H,19,23). The maximum absolute atomic E-state index is 12.0. The first kappa shape index (κ1) is 20.1. The second kappa shape index (κ2) is 9.55. The number of methoxy groups -OCH3 is 1. The Kier molecular flexibility index (Phi) is 6.63. The van der Waals surface area contributed by atoms with Crippen molar-refractivity contribution in [1.29, 1.82) is 0 Å². The highest BCUT2D eigenvalue weighted by Crippen LogP contribution is 2.27. The minimum Gasteiger partial charge on any atom is -0.493 e. The van der Waals surface area contributed by atoms with E-state index in [0.717, 1.165) is 11.8 Å². The fraction of sp³-hybridized carbons (Fsp3) is 0.167. The van der Waals surface area contributed by atoms with Gasteiger partial charge in [0.15, 0.2) is 18.1 Å². The molecule has 10 nitrogen and oxygen atoms in total. The molecule has 1 aromatic heterocycles. The van der Waals surface area contributed by atoms with Crippen molar-refractivity contribution in [3.8, 4) is 11.5 Å². The number of hydrogen-bond donors (Lipinski definition) is 1. The van der Waals surface area contributed by atoms with Gasteiger partial charge in [-0.25, -0.2) is 0 Å². The van der Waals surface area contributed by atoms with E-state index >= 15 is 0 Å². The number of nitro benzene ring substituents is 1. The zero-order valence-electron chi connectivity index (χ0n) is 15.2. The van der Waals surface area contributed by atoms with E-state index in [4.69, 9.17) is 13.9 Å². The summed E-state index contributed by atoms with van der Waals surface area (Å²) in [5.74, 6) is 1.11. The van der Waals surface area contributed by atoms with Crippen molar-refractivity contribution in [2.75, 3.05) is 18.2 Å². The first-order valence-corrected chi connectivity index (χ1v) is 9.29. The Morgan fingerprint density at radius 2 is 1.90 bits per heavy atom. The second-order valence-electron chi connectivity index (χ2n) is 5.54. The van der Waals surface area contributed by atoms with Crippen LogP contribution in [-0.4, -0.2) is 33.9 Å². The Morgan fingerprint density at radius 3 is 2.59 bits per heavy atom. The Labute approximate surface area is 169 Å². The van der Waals surface area contributed by atoms with Crippen molar-refractivity contribution >= 4 is 29.0 Å². The Hall–Kier alpha value is -3.60. The topological polar surface area (TPSA) is 130 Å². The van der Waals surface area contributed by atoms with E-state index in [0.29, 0.717) is 17.2 Å². The highest BCUT2D eigenvalue weighted by atomic mass is 32.2. The van der Waals surface area contributed by atoms with Gasteiger partial charge in [-0.3, -0.25) is 14.9 Å². The molecule has 0 unspecified atom stereocenters. The van der Waals surface area contributed by atoms with E-state index in [1.807, 2.05) is 12.1 Å². The van der Waals surface area contributed by atoms with Gasteiger partial charge in [0.1, 0.15) is 0 Å². The number of thioether (sulfide) groups is 1. The highest BCUT2D eigenvalue weighted by Gasteiger charge is 2.12. The lowest BCUT2D eigenvalue weighted by Gasteiger charge is -2.07. The summed E-state index contributed by atoms with van der Waals surface area (Å²) >= 11 is 1.07. The van der Waals surface area contributed by atoms with E-state index in [-0.39, 0.29) is 35.1 Å². The zero-order chi connectivity index (χ0) is 20.6. The summed E-state index contributed by atoms with van der Waals surface area (Å²) in [6.45, 7) is 0.0585. The molecule has 3 rings (SSSR count). The van der Waals surface area contributed by atoms with Gasteiger partial charge >= 0.3 is 0 Å². The van der Waals surface area contributed by atoms with Crippen LogP contribution < -0.4 is 14.8 Å². The van der Waals surface area contributed by atoms with Crippen LogP contribution in [0, 0.1) is 10.1 Å². The molecule has 11 heteroatoms. The molecule has 29 heavy (non-hydrogen) atoms. The fourth-order valence-corrected chi connectivity index (χ4v) is 2.80. The molecule has 0 aliphatic rings. The van der Waals surface area contributed by atoms with Crippen LogP contribution in [0.2, 0.25) is 0 Å². The number of non-ortho nitro benzene ring substituents is 1. The van der Waals surface area contributed by atoms with Crippen LogP contribution in [0.25, 0.3) is 0 Å². The van der Waals surface area contributed by atoms with E-state index in [9.17, 15) is 14.9 Å². The molecule has 0 radical (unpaired) electrons. The van der Waals surface area contributed by atoms with Crippen LogP contribution in [0.4, 0.5) is 11.4 Å². The second-order valence-corrected chi connectivity index (χ2v) is 6.47. The minimum atomic E-state index is -0.508. The first-order chi connectivity index (χ1) is 14.0. The monoisotopic (exact) mass is 416 g/mol. The molecule has 0 fully saturated rings. The van der Waals surface area contributed by atoms with Crippen LogP contribution in [0.5, 0.6) is 11.5 Å². The van der Waals surface area contributed by atoms with Gasteiger partial charge in [-0.15, -0.1) is 10.2 Å². The van der Waals surface area contributed by atoms with Gasteiger partial charge in [-0.05, 0) is 24.3 Å². The molecule has 1 N–H and O–H groups in total. The number of hydrogen-bond acceptors (Lipinski definition) is 9. The molecule has 1 heterocycles. The lowest BCUT2D eigenvalue weighted by molar-refractivity contribution is -0.384. The van der Waals surface area contributed by atoms with Crippen molar-refractivity contribution in [2.45, 2.75) is 11.8 Å². The molecule has 150 valence electrons. The number of amides is 1. The molecule has 0 saturated heterocycles. The van der Waals surface area contributed by atoms with Gasteiger partial charge in [-0.1, -0.05) is 23.9 Å². The lowest BCUT2D eigenvalue weighted by atomic mass is 10.3. The third kappa shape index (κ3) is 5.69. The normalized spacial score (nSPS) is 10.4. The highest BCUT2D eigenvalue weighted by molar-refractivity contribution is 7.99. The number of aromatic nitrogens is 2. The maximum atomic E-state index is 12.0. The van der Waals surface area contributed by atoms with Gasteiger partial charge in [0, 0.05) is 17.8 Å². The van der Waals surface area contributed by atoms with Crippen molar-refractivity contribution in [1.82, 2.24) is 10.2 Å². The van der Waals surface area contributed by atoms with Gasteiger partial charge in [0.05, 0.1) is 17.8 Å². The van der Waals surface area contributed by atoms with Crippen molar-refractivity contribution in [2.24, 2.45) is 0 Å². The SMILES string of the molecule is COc1ccccc1OCc1nnc(SCC(=O)Nc2ccc([N+](=O)[O-])cc2)o1. The molecule has 0 spiro atoms. The van der Waals surface area contributed by atoms with Crippen LogP contribution in [-0.2, 0) is 11.4 Å². The summed E-state index contributed by atoms with van der Waals surface area (Å²) in [7, 11) is 1.55. The maximum Gasteiger partial charge on any atom is 0.277 e. The molecule has 0 aliphatic heterocycles. The average Bonchev–Trinajstić information content (AvgIpc) is 3.19. The molecule has 0 bridgehead atoms. The first-order valence-electron chi connectivity index (χ1n) is 8.30. The van der Waals surface area contributed by atoms with Crippen LogP contribution in [0.3, 0.4) is 0 Å². The summed E-state index contributed by atoms with van der Waals surface area (Å²) < 4.78 is 16.2. The molecule has 0 atom stereocenters. The van der Waals surface area contributed by atoms with Crippen LogP contribution >= 0.6 is 11.8 Å². The third-order valence-corrected chi connectivity index (χ3v) is 4.38. The van der Waals surface area contributed by atoms with Crippen molar-refractivity contribution < 1.29 is 23.6 Å². The summed E-state index contributed by atoms with van der Waals surface area (Å²) in [6.07, 6.45) is 0. The number of benzene rings is 2. The molecule has 0 saturated carbocycles. The number of nitrogens with one attached hydrogen (secondary N) is 1. The summed E-state index contributed by atoms with van der Waals surface area (Å²) in [5, 5.41) is 21.2. The number of nitro groups is 1. The van der Waals surface area contributed by atoms with Crippen LogP contribution in [0.15, 0.2) is 58.2 Å².